The molecule has 0 spiro atoms. The van der Waals surface area contributed by atoms with E-state index < -0.39 is 0 Å². The first-order valence-corrected chi connectivity index (χ1v) is 6.12. The molecule has 1 aliphatic carbocycles. The maximum atomic E-state index is 12.2. The van der Waals surface area contributed by atoms with E-state index in [1.54, 1.807) is 0 Å². The van der Waals surface area contributed by atoms with Crippen LogP contribution in [0.25, 0.3) is 0 Å². The molecule has 0 amide bonds. The molecule has 0 aliphatic heterocycles. The summed E-state index contributed by atoms with van der Waals surface area (Å²) < 4.78 is 0. The quantitative estimate of drug-likeness (QED) is 0.635. The Labute approximate surface area is 93.9 Å². The molecule has 0 heterocycles. The summed E-state index contributed by atoms with van der Waals surface area (Å²) >= 11 is 0. The third-order valence-corrected chi connectivity index (χ3v) is 3.66. The molecule has 0 saturated heterocycles. The predicted molar refractivity (Wildman–Crippen MR) is 64.8 cm³/mol. The van der Waals surface area contributed by atoms with Gasteiger partial charge in [0.05, 0.1) is 0 Å². The molecule has 1 nitrogen and oxygen atoms in total. The Hall–Kier alpha value is -0.590. The molecule has 1 atom stereocenters. The molecule has 0 bridgehead atoms. The van der Waals surface area contributed by atoms with Crippen molar-refractivity contribution in [3.63, 3.8) is 0 Å². The minimum atomic E-state index is -0.0899. The van der Waals surface area contributed by atoms with Gasteiger partial charge in [0.15, 0.2) is 0 Å². The molecular formula is C14H24O. The van der Waals surface area contributed by atoms with Crippen molar-refractivity contribution in [1.82, 2.24) is 0 Å². The number of Topliss-reactive ketones (excluding diaryl/α,β-unsaturated/α-hetero) is 1. The number of hydrogen-bond acceptors (Lipinski definition) is 1. The van der Waals surface area contributed by atoms with Gasteiger partial charge in [-0.1, -0.05) is 46.3 Å². The summed E-state index contributed by atoms with van der Waals surface area (Å²) in [6.07, 6.45) is 9.75. The fraction of sp³-hybridized carbons (Fsp3) is 0.786. The molecule has 0 radical (unpaired) electrons. The van der Waals surface area contributed by atoms with Crippen molar-refractivity contribution in [2.45, 2.75) is 59.8 Å². The van der Waals surface area contributed by atoms with Crippen LogP contribution in [0, 0.1) is 10.8 Å². The number of hydrogen-bond donors (Lipinski definition) is 0. The topological polar surface area (TPSA) is 17.1 Å². The van der Waals surface area contributed by atoms with Crippen LogP contribution in [0.4, 0.5) is 0 Å². The zero-order valence-corrected chi connectivity index (χ0v) is 10.6. The van der Waals surface area contributed by atoms with Gasteiger partial charge in [0.2, 0.25) is 0 Å². The number of ketones is 1. The molecule has 1 saturated carbocycles. The SMILES string of the molecule is CCC/C=C/CC1(C)CCC(C)(C)C1=O. The average molecular weight is 208 g/mol. The summed E-state index contributed by atoms with van der Waals surface area (Å²) in [5.41, 5.74) is -0.179. The summed E-state index contributed by atoms with van der Waals surface area (Å²) in [7, 11) is 0. The zero-order chi connectivity index (χ0) is 11.5. The highest BCUT2D eigenvalue weighted by molar-refractivity contribution is 5.91. The molecule has 15 heavy (non-hydrogen) atoms. The van der Waals surface area contributed by atoms with E-state index in [0.717, 1.165) is 25.7 Å². The largest absolute Gasteiger partial charge is 0.298 e. The lowest BCUT2D eigenvalue weighted by atomic mass is 9.79. The van der Waals surface area contributed by atoms with Crippen LogP contribution in [0.2, 0.25) is 0 Å². The Morgan fingerprint density at radius 2 is 1.87 bits per heavy atom. The van der Waals surface area contributed by atoms with Gasteiger partial charge in [-0.05, 0) is 25.7 Å². The monoisotopic (exact) mass is 208 g/mol. The first kappa shape index (κ1) is 12.5. The van der Waals surface area contributed by atoms with E-state index in [9.17, 15) is 4.79 Å². The molecule has 1 fully saturated rings. The molecule has 0 aromatic heterocycles. The Kier molecular flexibility index (Phi) is 3.75. The van der Waals surface area contributed by atoms with Crippen molar-refractivity contribution in [3.05, 3.63) is 12.2 Å². The fourth-order valence-corrected chi connectivity index (χ4v) is 2.46. The van der Waals surface area contributed by atoms with Gasteiger partial charge in [0, 0.05) is 10.8 Å². The van der Waals surface area contributed by atoms with Crippen molar-refractivity contribution in [2.75, 3.05) is 0 Å². The summed E-state index contributed by atoms with van der Waals surface area (Å²) in [5.74, 6) is 0.455. The van der Waals surface area contributed by atoms with Gasteiger partial charge < -0.3 is 0 Å². The van der Waals surface area contributed by atoms with E-state index in [1.807, 2.05) is 0 Å². The van der Waals surface area contributed by atoms with E-state index in [-0.39, 0.29) is 10.8 Å². The smallest absolute Gasteiger partial charge is 0.144 e. The van der Waals surface area contributed by atoms with Gasteiger partial charge in [-0.3, -0.25) is 4.79 Å². The van der Waals surface area contributed by atoms with Gasteiger partial charge >= 0.3 is 0 Å². The van der Waals surface area contributed by atoms with E-state index in [2.05, 4.69) is 39.8 Å². The second-order valence-electron chi connectivity index (χ2n) is 5.74. The zero-order valence-electron chi connectivity index (χ0n) is 10.6. The standard InChI is InChI=1S/C14H24O/c1-5-6-7-8-9-14(4)11-10-13(2,3)12(14)15/h7-8H,5-6,9-11H2,1-4H3/b8-7+. The van der Waals surface area contributed by atoms with Crippen LogP contribution < -0.4 is 0 Å². The third kappa shape index (κ3) is 2.70. The summed E-state index contributed by atoms with van der Waals surface area (Å²) in [6, 6.07) is 0. The van der Waals surface area contributed by atoms with Gasteiger partial charge in [0.25, 0.3) is 0 Å². The van der Waals surface area contributed by atoms with Crippen LogP contribution in [0.3, 0.4) is 0 Å². The highest BCUT2D eigenvalue weighted by atomic mass is 16.1. The van der Waals surface area contributed by atoms with E-state index in [1.165, 1.54) is 6.42 Å². The van der Waals surface area contributed by atoms with Crippen LogP contribution in [0.15, 0.2) is 12.2 Å². The Morgan fingerprint density at radius 1 is 1.20 bits per heavy atom. The molecule has 1 heteroatoms. The van der Waals surface area contributed by atoms with Crippen molar-refractivity contribution in [1.29, 1.82) is 0 Å². The predicted octanol–water partition coefficient (Wildman–Crippen LogP) is 4.13. The van der Waals surface area contributed by atoms with Gasteiger partial charge in [-0.25, -0.2) is 0 Å². The Balaban J connectivity index is 2.58. The fourth-order valence-electron chi connectivity index (χ4n) is 2.46. The minimum absolute atomic E-state index is 0.0895. The first-order valence-electron chi connectivity index (χ1n) is 6.12. The van der Waals surface area contributed by atoms with E-state index >= 15 is 0 Å². The highest BCUT2D eigenvalue weighted by Gasteiger charge is 2.47. The molecule has 0 N–H and O–H groups in total. The van der Waals surface area contributed by atoms with Gasteiger partial charge in [-0.2, -0.15) is 0 Å². The number of allylic oxidation sites excluding steroid dienone is 2. The lowest BCUT2D eigenvalue weighted by Gasteiger charge is -2.23. The first-order chi connectivity index (χ1) is 6.92. The van der Waals surface area contributed by atoms with Crippen LogP contribution >= 0.6 is 0 Å². The average Bonchev–Trinajstić information content (AvgIpc) is 2.39. The highest BCUT2D eigenvalue weighted by Crippen LogP contribution is 2.47. The lowest BCUT2D eigenvalue weighted by Crippen LogP contribution is -2.29. The number of carbonyl (C=O) groups excluding carboxylic acids is 1. The second kappa shape index (κ2) is 4.51. The molecule has 1 rings (SSSR count). The van der Waals surface area contributed by atoms with E-state index in [0.29, 0.717) is 5.78 Å². The summed E-state index contributed by atoms with van der Waals surface area (Å²) in [5, 5.41) is 0. The van der Waals surface area contributed by atoms with Gasteiger partial charge in [-0.15, -0.1) is 0 Å². The Morgan fingerprint density at radius 3 is 2.33 bits per heavy atom. The van der Waals surface area contributed by atoms with Crippen LogP contribution in [0.1, 0.15) is 59.8 Å². The molecule has 0 aromatic rings. The van der Waals surface area contributed by atoms with Crippen molar-refractivity contribution < 1.29 is 4.79 Å². The maximum Gasteiger partial charge on any atom is 0.144 e. The molecule has 1 aliphatic rings. The second-order valence-corrected chi connectivity index (χ2v) is 5.74. The van der Waals surface area contributed by atoms with E-state index in [4.69, 9.17) is 0 Å². The molecule has 1 unspecified atom stereocenters. The lowest BCUT2D eigenvalue weighted by molar-refractivity contribution is -0.131. The van der Waals surface area contributed by atoms with Gasteiger partial charge in [0.1, 0.15) is 5.78 Å². The summed E-state index contributed by atoms with van der Waals surface area (Å²) in [6.45, 7) is 8.46. The van der Waals surface area contributed by atoms with Crippen molar-refractivity contribution in [2.24, 2.45) is 10.8 Å². The minimum Gasteiger partial charge on any atom is -0.298 e. The number of carbonyl (C=O) groups is 1. The van der Waals surface area contributed by atoms with Crippen LogP contribution in [0.5, 0.6) is 0 Å². The van der Waals surface area contributed by atoms with Crippen molar-refractivity contribution >= 4 is 5.78 Å². The molecule has 86 valence electrons. The summed E-state index contributed by atoms with van der Waals surface area (Å²) in [4.78, 5) is 12.2. The Bertz CT molecular complexity index is 263. The molecule has 0 aromatic carbocycles. The number of unbranched alkanes of at least 4 members (excludes halogenated alkanes) is 1. The van der Waals surface area contributed by atoms with Crippen LogP contribution in [-0.4, -0.2) is 5.78 Å². The van der Waals surface area contributed by atoms with Crippen molar-refractivity contribution in [3.8, 4) is 0 Å². The number of rotatable bonds is 4. The normalized spacial score (nSPS) is 30.3. The maximum absolute atomic E-state index is 12.2. The third-order valence-electron chi connectivity index (χ3n) is 3.66. The van der Waals surface area contributed by atoms with Crippen LogP contribution in [-0.2, 0) is 4.79 Å². The molecular weight excluding hydrogens is 184 g/mol.